The third-order valence-electron chi connectivity index (χ3n) is 5.90. The lowest BCUT2D eigenvalue weighted by molar-refractivity contribution is -0.211. The Morgan fingerprint density at radius 2 is 1.85 bits per heavy atom. The van der Waals surface area contributed by atoms with Crippen LogP contribution in [0.4, 0.5) is 13.2 Å². The first-order valence-electron chi connectivity index (χ1n) is 10.9. The highest BCUT2D eigenvalue weighted by atomic mass is 35.5. The summed E-state index contributed by atoms with van der Waals surface area (Å²) < 4.78 is 49.2. The van der Waals surface area contributed by atoms with Crippen LogP contribution in [0.3, 0.4) is 0 Å². The quantitative estimate of drug-likeness (QED) is 0.560. The molecule has 1 saturated heterocycles. The van der Waals surface area contributed by atoms with Crippen molar-refractivity contribution in [3.8, 4) is 11.5 Å². The van der Waals surface area contributed by atoms with Gasteiger partial charge in [-0.05, 0) is 49.6 Å². The van der Waals surface area contributed by atoms with E-state index in [1.165, 1.54) is 18.3 Å². The van der Waals surface area contributed by atoms with Crippen molar-refractivity contribution in [2.75, 3.05) is 19.6 Å². The minimum atomic E-state index is -5.15. The van der Waals surface area contributed by atoms with Gasteiger partial charge in [-0.15, -0.1) is 0 Å². The molecule has 182 valence electrons. The zero-order valence-electron chi connectivity index (χ0n) is 18.1. The Morgan fingerprint density at radius 3 is 2.47 bits per heavy atom. The second kappa shape index (κ2) is 10.2. The number of carbonyl (C=O) groups excluding carboxylic acids is 2. The molecule has 0 bridgehead atoms. The molecule has 1 amide bonds. The van der Waals surface area contributed by atoms with E-state index in [0.717, 1.165) is 24.2 Å². The molecule has 2 heterocycles. The second-order valence-electron chi connectivity index (χ2n) is 8.23. The predicted molar refractivity (Wildman–Crippen MR) is 117 cm³/mol. The molecule has 1 aliphatic carbocycles. The number of rotatable bonds is 5. The van der Waals surface area contributed by atoms with Gasteiger partial charge in [-0.3, -0.25) is 9.69 Å². The van der Waals surface area contributed by atoms with Gasteiger partial charge in [0.1, 0.15) is 17.2 Å². The average Bonchev–Trinajstić information content (AvgIpc) is 2.94. The minimum Gasteiger partial charge on any atom is -0.456 e. The summed E-state index contributed by atoms with van der Waals surface area (Å²) in [6.07, 6.45) is -1.73. The molecule has 2 fully saturated rings. The van der Waals surface area contributed by atoms with Crippen molar-refractivity contribution in [2.24, 2.45) is 0 Å². The van der Waals surface area contributed by atoms with Crippen LogP contribution in [0.2, 0.25) is 5.02 Å². The Bertz CT molecular complexity index is 1030. The standard InChI is InChI=1S/C23H23ClF3N3O4/c24-15-4-1-7-17(12-15)33-18-8-9-19(28-13-18)21(31)30-11-3-10-29(16-5-2-6-16)14-20(30)34-22(32)23(25,26)27/h1,4,7-9,12-13,16,20H,2-3,5-6,10-11,14H2. The van der Waals surface area contributed by atoms with Crippen LogP contribution in [-0.2, 0) is 9.53 Å². The molecule has 1 aromatic heterocycles. The Morgan fingerprint density at radius 1 is 1.06 bits per heavy atom. The molecule has 34 heavy (non-hydrogen) atoms. The first-order valence-corrected chi connectivity index (χ1v) is 11.3. The first-order chi connectivity index (χ1) is 16.2. The molecular weight excluding hydrogens is 475 g/mol. The van der Waals surface area contributed by atoms with Crippen molar-refractivity contribution in [3.05, 3.63) is 53.3 Å². The van der Waals surface area contributed by atoms with Gasteiger partial charge in [0.2, 0.25) is 0 Å². The van der Waals surface area contributed by atoms with E-state index in [1.54, 1.807) is 24.3 Å². The molecule has 4 rings (SSSR count). The molecule has 7 nitrogen and oxygen atoms in total. The topological polar surface area (TPSA) is 72.0 Å². The largest absolute Gasteiger partial charge is 0.491 e. The van der Waals surface area contributed by atoms with Gasteiger partial charge in [-0.1, -0.05) is 24.1 Å². The number of hydrogen-bond acceptors (Lipinski definition) is 6. The van der Waals surface area contributed by atoms with Gasteiger partial charge < -0.3 is 14.4 Å². The number of pyridine rings is 1. The fourth-order valence-electron chi connectivity index (χ4n) is 3.97. The van der Waals surface area contributed by atoms with Crippen molar-refractivity contribution in [2.45, 2.75) is 44.1 Å². The van der Waals surface area contributed by atoms with E-state index in [2.05, 4.69) is 4.98 Å². The van der Waals surface area contributed by atoms with Gasteiger partial charge in [0.05, 0.1) is 12.7 Å². The summed E-state index contributed by atoms with van der Waals surface area (Å²) in [5.74, 6) is -2.10. The number of halogens is 4. The number of carbonyl (C=O) groups is 2. The number of benzene rings is 1. The Kier molecular flexibility index (Phi) is 7.27. The van der Waals surface area contributed by atoms with Crippen molar-refractivity contribution < 1.29 is 32.2 Å². The van der Waals surface area contributed by atoms with Crippen LogP contribution in [0.1, 0.15) is 36.2 Å². The number of amides is 1. The minimum absolute atomic E-state index is 0.00333. The monoisotopic (exact) mass is 497 g/mol. The fourth-order valence-corrected chi connectivity index (χ4v) is 4.15. The molecule has 1 aromatic carbocycles. The van der Waals surface area contributed by atoms with E-state index < -0.39 is 24.3 Å². The van der Waals surface area contributed by atoms with Gasteiger partial charge in [0, 0.05) is 24.2 Å². The first kappa shape index (κ1) is 24.3. The van der Waals surface area contributed by atoms with Crippen molar-refractivity contribution in [3.63, 3.8) is 0 Å². The maximum absolute atomic E-state index is 13.2. The van der Waals surface area contributed by atoms with Gasteiger partial charge in [-0.25, -0.2) is 9.78 Å². The van der Waals surface area contributed by atoms with Crippen LogP contribution in [0.5, 0.6) is 11.5 Å². The SMILES string of the molecule is O=C(c1ccc(Oc2cccc(Cl)c2)cn1)N1CCCN(C2CCC2)CC1OC(=O)C(F)(F)F. The summed E-state index contributed by atoms with van der Waals surface area (Å²) in [5, 5.41) is 0.494. The number of hydrogen-bond donors (Lipinski definition) is 0. The molecule has 1 unspecified atom stereocenters. The van der Waals surface area contributed by atoms with Crippen LogP contribution < -0.4 is 4.74 Å². The van der Waals surface area contributed by atoms with E-state index in [4.69, 9.17) is 21.1 Å². The molecule has 0 radical (unpaired) electrons. The highest BCUT2D eigenvalue weighted by Crippen LogP contribution is 2.29. The third kappa shape index (κ3) is 5.79. The second-order valence-corrected chi connectivity index (χ2v) is 8.66. The molecule has 11 heteroatoms. The van der Waals surface area contributed by atoms with Crippen LogP contribution >= 0.6 is 11.6 Å². The number of esters is 1. The van der Waals surface area contributed by atoms with E-state index in [-0.39, 0.29) is 24.8 Å². The Hall–Kier alpha value is -2.85. The molecule has 1 saturated carbocycles. The van der Waals surface area contributed by atoms with E-state index >= 15 is 0 Å². The molecule has 0 N–H and O–H groups in total. The number of nitrogens with zero attached hydrogens (tertiary/aromatic N) is 3. The molecular formula is C23H23ClF3N3O4. The average molecular weight is 498 g/mol. The Balaban J connectivity index is 1.50. The van der Waals surface area contributed by atoms with Gasteiger partial charge in [0.25, 0.3) is 5.91 Å². The summed E-state index contributed by atoms with van der Waals surface area (Å²) >= 11 is 5.94. The van der Waals surface area contributed by atoms with E-state index in [0.29, 0.717) is 29.5 Å². The Labute approximate surface area is 199 Å². The molecule has 2 aliphatic rings. The normalized spacial score (nSPS) is 19.8. The van der Waals surface area contributed by atoms with Crippen LogP contribution in [0.25, 0.3) is 0 Å². The molecule has 1 atom stereocenters. The van der Waals surface area contributed by atoms with Crippen LogP contribution in [-0.4, -0.2) is 64.7 Å². The summed E-state index contributed by atoms with van der Waals surface area (Å²) in [4.78, 5) is 32.1. The summed E-state index contributed by atoms with van der Waals surface area (Å²) in [5.41, 5.74) is 0.00333. The summed E-state index contributed by atoms with van der Waals surface area (Å²) in [7, 11) is 0. The lowest BCUT2D eigenvalue weighted by Crippen LogP contribution is -2.51. The van der Waals surface area contributed by atoms with Crippen LogP contribution in [0, 0.1) is 0 Å². The fraction of sp³-hybridized carbons (Fsp3) is 0.435. The van der Waals surface area contributed by atoms with Crippen molar-refractivity contribution in [1.29, 1.82) is 0 Å². The van der Waals surface area contributed by atoms with Gasteiger partial charge >= 0.3 is 12.1 Å². The van der Waals surface area contributed by atoms with E-state index in [9.17, 15) is 22.8 Å². The maximum atomic E-state index is 13.2. The smallest absolute Gasteiger partial charge is 0.456 e. The van der Waals surface area contributed by atoms with E-state index in [1.807, 2.05) is 4.90 Å². The van der Waals surface area contributed by atoms with Gasteiger partial charge in [-0.2, -0.15) is 13.2 Å². The molecule has 2 aromatic rings. The molecule has 0 spiro atoms. The summed E-state index contributed by atoms with van der Waals surface area (Å²) in [6, 6.07) is 9.90. The lowest BCUT2D eigenvalue weighted by Gasteiger charge is -2.38. The van der Waals surface area contributed by atoms with Crippen LogP contribution in [0.15, 0.2) is 42.6 Å². The zero-order valence-corrected chi connectivity index (χ0v) is 18.9. The highest BCUT2D eigenvalue weighted by Gasteiger charge is 2.45. The van der Waals surface area contributed by atoms with Gasteiger partial charge in [0.15, 0.2) is 6.23 Å². The third-order valence-corrected chi connectivity index (χ3v) is 6.13. The molecule has 1 aliphatic heterocycles. The maximum Gasteiger partial charge on any atom is 0.491 e. The van der Waals surface area contributed by atoms with Crippen molar-refractivity contribution in [1.82, 2.24) is 14.8 Å². The predicted octanol–water partition coefficient (Wildman–Crippen LogP) is 4.66. The highest BCUT2D eigenvalue weighted by molar-refractivity contribution is 6.30. The number of ether oxygens (including phenoxy) is 2. The lowest BCUT2D eigenvalue weighted by atomic mass is 9.91. The number of aromatic nitrogens is 1. The number of alkyl halides is 3. The zero-order chi connectivity index (χ0) is 24.3. The summed E-state index contributed by atoms with van der Waals surface area (Å²) in [6.45, 7) is 0.767. The van der Waals surface area contributed by atoms with Crippen molar-refractivity contribution >= 4 is 23.5 Å².